The van der Waals surface area contributed by atoms with E-state index in [0.29, 0.717) is 11.6 Å². The van der Waals surface area contributed by atoms with Gasteiger partial charge in [-0.25, -0.2) is 9.50 Å². The highest BCUT2D eigenvalue weighted by molar-refractivity contribution is 9.10. The lowest BCUT2D eigenvalue weighted by molar-refractivity contribution is 0.895. The molecule has 3 aromatic rings. The first kappa shape index (κ1) is 13.4. The van der Waals surface area contributed by atoms with Crippen molar-refractivity contribution in [3.63, 3.8) is 0 Å². The van der Waals surface area contributed by atoms with Crippen molar-refractivity contribution >= 4 is 38.9 Å². The monoisotopic (exact) mass is 350 g/mol. The SMILES string of the molecule is Cc1cc2ncc(CNc3ccc(Br)cc3Cl)cn2n1. The Kier molecular flexibility index (Phi) is 3.63. The maximum Gasteiger partial charge on any atom is 0.155 e. The summed E-state index contributed by atoms with van der Waals surface area (Å²) in [5.41, 5.74) is 3.75. The summed E-state index contributed by atoms with van der Waals surface area (Å²) in [6.07, 6.45) is 3.81. The lowest BCUT2D eigenvalue weighted by Gasteiger charge is -2.08. The number of hydrogen-bond acceptors (Lipinski definition) is 3. The van der Waals surface area contributed by atoms with Gasteiger partial charge in [0.2, 0.25) is 0 Å². The maximum absolute atomic E-state index is 6.17. The van der Waals surface area contributed by atoms with Crippen LogP contribution in [0.5, 0.6) is 0 Å². The second-order valence-electron chi connectivity index (χ2n) is 4.53. The predicted octanol–water partition coefficient (Wildman–Crippen LogP) is 4.07. The summed E-state index contributed by atoms with van der Waals surface area (Å²) in [5.74, 6) is 0. The average molecular weight is 352 g/mol. The molecular formula is C14H12BrClN4. The van der Waals surface area contributed by atoms with Gasteiger partial charge in [0.15, 0.2) is 5.65 Å². The fourth-order valence-electron chi connectivity index (χ4n) is 1.96. The number of aromatic nitrogens is 3. The van der Waals surface area contributed by atoms with Crippen LogP contribution in [0, 0.1) is 6.92 Å². The number of benzene rings is 1. The number of nitrogens with one attached hydrogen (secondary N) is 1. The lowest BCUT2D eigenvalue weighted by atomic mass is 10.3. The molecule has 0 bridgehead atoms. The van der Waals surface area contributed by atoms with Crippen molar-refractivity contribution in [3.8, 4) is 0 Å². The van der Waals surface area contributed by atoms with Crippen LogP contribution < -0.4 is 5.32 Å². The van der Waals surface area contributed by atoms with Gasteiger partial charge in [0.05, 0.1) is 16.4 Å². The zero-order chi connectivity index (χ0) is 14.1. The van der Waals surface area contributed by atoms with Crippen molar-refractivity contribution < 1.29 is 0 Å². The summed E-state index contributed by atoms with van der Waals surface area (Å²) in [6, 6.07) is 7.70. The van der Waals surface area contributed by atoms with Gasteiger partial charge in [-0.1, -0.05) is 27.5 Å². The van der Waals surface area contributed by atoms with E-state index in [-0.39, 0.29) is 0 Å². The van der Waals surface area contributed by atoms with Gasteiger partial charge in [0.1, 0.15) is 0 Å². The molecule has 1 aromatic carbocycles. The molecule has 6 heteroatoms. The Balaban J connectivity index is 1.79. The van der Waals surface area contributed by atoms with Crippen LogP contribution in [0.4, 0.5) is 5.69 Å². The number of halogens is 2. The van der Waals surface area contributed by atoms with E-state index >= 15 is 0 Å². The van der Waals surface area contributed by atoms with E-state index in [0.717, 1.165) is 27.1 Å². The van der Waals surface area contributed by atoms with Crippen LogP contribution in [0.2, 0.25) is 5.02 Å². The molecule has 0 aliphatic carbocycles. The fraction of sp³-hybridized carbons (Fsp3) is 0.143. The smallest absolute Gasteiger partial charge is 0.155 e. The molecule has 0 aliphatic rings. The Bertz CT molecular complexity index is 769. The molecule has 3 rings (SSSR count). The van der Waals surface area contributed by atoms with Gasteiger partial charge in [-0.2, -0.15) is 5.10 Å². The number of fused-ring (bicyclic) bond motifs is 1. The van der Waals surface area contributed by atoms with Crippen LogP contribution in [-0.4, -0.2) is 14.6 Å². The summed E-state index contributed by atoms with van der Waals surface area (Å²) in [5, 5.41) is 8.33. The van der Waals surface area contributed by atoms with Crippen LogP contribution in [0.3, 0.4) is 0 Å². The minimum Gasteiger partial charge on any atom is -0.380 e. The van der Waals surface area contributed by atoms with Gasteiger partial charge < -0.3 is 5.32 Å². The van der Waals surface area contributed by atoms with Crippen molar-refractivity contribution in [2.75, 3.05) is 5.32 Å². The highest BCUT2D eigenvalue weighted by Gasteiger charge is 2.03. The van der Waals surface area contributed by atoms with Gasteiger partial charge in [0, 0.05) is 35.0 Å². The van der Waals surface area contributed by atoms with E-state index < -0.39 is 0 Å². The van der Waals surface area contributed by atoms with Gasteiger partial charge in [-0.15, -0.1) is 0 Å². The molecule has 4 nitrogen and oxygen atoms in total. The van der Waals surface area contributed by atoms with E-state index in [1.165, 1.54) is 0 Å². The normalized spacial score (nSPS) is 10.9. The summed E-state index contributed by atoms with van der Waals surface area (Å²) >= 11 is 9.56. The van der Waals surface area contributed by atoms with Crippen molar-refractivity contribution in [1.29, 1.82) is 0 Å². The third kappa shape index (κ3) is 2.78. The largest absolute Gasteiger partial charge is 0.380 e. The molecule has 0 aliphatic heterocycles. The molecule has 1 N–H and O–H groups in total. The molecule has 0 amide bonds. The Morgan fingerprint density at radius 2 is 2.20 bits per heavy atom. The Labute approximate surface area is 129 Å². The van der Waals surface area contributed by atoms with E-state index in [4.69, 9.17) is 11.6 Å². The molecule has 102 valence electrons. The third-order valence-electron chi connectivity index (χ3n) is 2.90. The average Bonchev–Trinajstić information content (AvgIpc) is 2.77. The van der Waals surface area contributed by atoms with Crippen molar-refractivity contribution in [2.45, 2.75) is 13.5 Å². The molecule has 0 saturated carbocycles. The van der Waals surface area contributed by atoms with Gasteiger partial charge in [-0.05, 0) is 25.1 Å². The summed E-state index contributed by atoms with van der Waals surface area (Å²) in [7, 11) is 0. The molecule has 0 radical (unpaired) electrons. The molecule has 2 aromatic heterocycles. The first-order chi connectivity index (χ1) is 9.61. The molecule has 20 heavy (non-hydrogen) atoms. The Morgan fingerprint density at radius 1 is 1.35 bits per heavy atom. The number of aryl methyl sites for hydroxylation is 1. The van der Waals surface area contributed by atoms with Crippen LogP contribution in [0.25, 0.3) is 5.65 Å². The molecule has 2 heterocycles. The molecular weight excluding hydrogens is 340 g/mol. The number of nitrogens with zero attached hydrogens (tertiary/aromatic N) is 3. The van der Waals surface area contributed by atoms with Crippen LogP contribution in [-0.2, 0) is 6.54 Å². The van der Waals surface area contributed by atoms with Crippen LogP contribution in [0.1, 0.15) is 11.3 Å². The molecule has 0 spiro atoms. The predicted molar refractivity (Wildman–Crippen MR) is 84.2 cm³/mol. The van der Waals surface area contributed by atoms with Gasteiger partial charge >= 0.3 is 0 Å². The minimum absolute atomic E-state index is 0.642. The van der Waals surface area contributed by atoms with Gasteiger partial charge in [-0.3, -0.25) is 0 Å². The highest BCUT2D eigenvalue weighted by Crippen LogP contribution is 2.26. The quantitative estimate of drug-likeness (QED) is 0.773. The van der Waals surface area contributed by atoms with E-state index in [1.807, 2.05) is 43.6 Å². The highest BCUT2D eigenvalue weighted by atomic mass is 79.9. The van der Waals surface area contributed by atoms with Crippen molar-refractivity contribution in [3.05, 3.63) is 57.4 Å². The Hall–Kier alpha value is -1.59. The second kappa shape index (κ2) is 5.42. The topological polar surface area (TPSA) is 42.2 Å². The minimum atomic E-state index is 0.642. The van der Waals surface area contributed by atoms with E-state index in [9.17, 15) is 0 Å². The van der Waals surface area contributed by atoms with Crippen molar-refractivity contribution in [1.82, 2.24) is 14.6 Å². The lowest BCUT2D eigenvalue weighted by Crippen LogP contribution is -2.02. The van der Waals surface area contributed by atoms with Gasteiger partial charge in [0.25, 0.3) is 0 Å². The van der Waals surface area contributed by atoms with Crippen LogP contribution in [0.15, 0.2) is 41.1 Å². The summed E-state index contributed by atoms with van der Waals surface area (Å²) < 4.78 is 2.75. The first-order valence-electron chi connectivity index (χ1n) is 6.12. The molecule has 0 atom stereocenters. The maximum atomic E-state index is 6.17. The third-order valence-corrected chi connectivity index (χ3v) is 3.71. The van der Waals surface area contributed by atoms with E-state index in [1.54, 1.807) is 4.52 Å². The molecule has 0 unspecified atom stereocenters. The zero-order valence-electron chi connectivity index (χ0n) is 10.8. The standard InChI is InChI=1S/C14H12BrClN4/c1-9-4-14-18-7-10(8-20(14)19-9)6-17-13-3-2-11(15)5-12(13)16/h2-5,7-8,17H,6H2,1H3. The number of anilines is 1. The Morgan fingerprint density at radius 3 is 3.00 bits per heavy atom. The zero-order valence-corrected chi connectivity index (χ0v) is 13.1. The molecule has 0 fully saturated rings. The van der Waals surface area contributed by atoms with Crippen molar-refractivity contribution in [2.24, 2.45) is 0 Å². The summed E-state index contributed by atoms with van der Waals surface area (Å²) in [4.78, 5) is 4.37. The molecule has 0 saturated heterocycles. The first-order valence-corrected chi connectivity index (χ1v) is 7.29. The van der Waals surface area contributed by atoms with E-state index in [2.05, 4.69) is 31.3 Å². The summed E-state index contributed by atoms with van der Waals surface area (Å²) in [6.45, 7) is 2.59. The second-order valence-corrected chi connectivity index (χ2v) is 5.85. The van der Waals surface area contributed by atoms with Crippen LogP contribution >= 0.6 is 27.5 Å². The fourth-order valence-corrected chi connectivity index (χ4v) is 2.70. The number of hydrogen-bond donors (Lipinski definition) is 1. The number of rotatable bonds is 3.